The van der Waals surface area contributed by atoms with Gasteiger partial charge in [0.25, 0.3) is 0 Å². The van der Waals surface area contributed by atoms with Gasteiger partial charge in [0.1, 0.15) is 5.82 Å². The lowest BCUT2D eigenvalue weighted by molar-refractivity contribution is 0.314. The first-order chi connectivity index (χ1) is 14.0. The van der Waals surface area contributed by atoms with Crippen molar-refractivity contribution in [2.24, 2.45) is 17.8 Å². The third-order valence-electron chi connectivity index (χ3n) is 7.07. The quantitative estimate of drug-likeness (QED) is 0.486. The van der Waals surface area contributed by atoms with Gasteiger partial charge in [-0.25, -0.2) is 8.78 Å². The Kier molecular flexibility index (Phi) is 5.89. The van der Waals surface area contributed by atoms with Crippen molar-refractivity contribution < 1.29 is 17.9 Å². The molecule has 0 radical (unpaired) electrons. The molecular weight excluding hydrogens is 373 g/mol. The summed E-state index contributed by atoms with van der Waals surface area (Å²) in [6.07, 6.45) is 7.36. The van der Waals surface area contributed by atoms with Gasteiger partial charge in [0.05, 0.1) is 6.61 Å². The first kappa shape index (κ1) is 20.3. The number of halogens is 3. The van der Waals surface area contributed by atoms with Crippen LogP contribution in [0.25, 0.3) is 11.1 Å². The maximum Gasteiger partial charge on any atom is 0.201 e. The normalized spacial score (nSPS) is 26.0. The minimum absolute atomic E-state index is 0.0665. The van der Waals surface area contributed by atoms with Crippen LogP contribution in [-0.4, -0.2) is 6.61 Å². The summed E-state index contributed by atoms with van der Waals surface area (Å²) in [5, 5.41) is 0. The van der Waals surface area contributed by atoms with Crippen LogP contribution in [-0.2, 0) is 0 Å². The van der Waals surface area contributed by atoms with Gasteiger partial charge >= 0.3 is 0 Å². The van der Waals surface area contributed by atoms with Crippen molar-refractivity contribution in [3.05, 3.63) is 53.3 Å². The average Bonchev–Trinajstić information content (AvgIpc) is 3.30. The number of hydrogen-bond acceptors (Lipinski definition) is 1. The van der Waals surface area contributed by atoms with Crippen LogP contribution in [0.15, 0.2) is 30.3 Å². The molecule has 0 N–H and O–H groups in total. The summed E-state index contributed by atoms with van der Waals surface area (Å²) in [5.74, 6) is -0.174. The minimum Gasteiger partial charge on any atom is -0.491 e. The number of rotatable bonds is 6. The van der Waals surface area contributed by atoms with E-state index in [2.05, 4.69) is 6.92 Å². The van der Waals surface area contributed by atoms with Crippen LogP contribution in [0.4, 0.5) is 13.2 Å². The van der Waals surface area contributed by atoms with Crippen molar-refractivity contribution in [1.29, 1.82) is 0 Å². The van der Waals surface area contributed by atoms with E-state index in [1.807, 2.05) is 6.07 Å². The van der Waals surface area contributed by atoms with Crippen LogP contribution in [0.2, 0.25) is 0 Å². The Labute approximate surface area is 171 Å². The Morgan fingerprint density at radius 1 is 0.862 bits per heavy atom. The van der Waals surface area contributed by atoms with Crippen LogP contribution < -0.4 is 4.74 Å². The highest BCUT2D eigenvalue weighted by atomic mass is 19.2. The molecule has 0 saturated heterocycles. The van der Waals surface area contributed by atoms with E-state index < -0.39 is 17.5 Å². The van der Waals surface area contributed by atoms with E-state index in [1.54, 1.807) is 19.1 Å². The Morgan fingerprint density at radius 2 is 1.62 bits per heavy atom. The largest absolute Gasteiger partial charge is 0.491 e. The van der Waals surface area contributed by atoms with Crippen molar-refractivity contribution in [2.75, 3.05) is 6.61 Å². The second-order valence-electron chi connectivity index (χ2n) is 8.55. The molecule has 2 aromatic rings. The van der Waals surface area contributed by atoms with Crippen molar-refractivity contribution in [3.63, 3.8) is 0 Å². The number of fused-ring (bicyclic) bond motifs is 1. The highest BCUT2D eigenvalue weighted by Crippen LogP contribution is 2.55. The lowest BCUT2D eigenvalue weighted by Crippen LogP contribution is -2.12. The second-order valence-corrected chi connectivity index (χ2v) is 8.55. The van der Waals surface area contributed by atoms with E-state index in [-0.39, 0.29) is 23.5 Å². The summed E-state index contributed by atoms with van der Waals surface area (Å²) < 4.78 is 48.8. The Balaban J connectivity index is 1.59. The number of benzene rings is 2. The van der Waals surface area contributed by atoms with Crippen molar-refractivity contribution >= 4 is 0 Å². The molecule has 4 heteroatoms. The number of hydrogen-bond donors (Lipinski definition) is 0. The zero-order valence-corrected chi connectivity index (χ0v) is 17.2. The predicted octanol–water partition coefficient (Wildman–Crippen LogP) is 7.49. The molecule has 29 heavy (non-hydrogen) atoms. The number of ether oxygens (including phenoxy) is 1. The molecule has 1 nitrogen and oxygen atoms in total. The summed E-state index contributed by atoms with van der Waals surface area (Å²) in [7, 11) is 0. The SMILES string of the molecule is CCCC1CCC2C(c3ccc(-c4ccc(OCC)c(F)c4F)c(F)c3)CCC12. The first-order valence-corrected chi connectivity index (χ1v) is 11.0. The topological polar surface area (TPSA) is 9.23 Å². The summed E-state index contributed by atoms with van der Waals surface area (Å²) in [6.45, 7) is 4.18. The highest BCUT2D eigenvalue weighted by Gasteiger charge is 2.44. The monoisotopic (exact) mass is 402 g/mol. The fraction of sp³-hybridized carbons (Fsp3) is 0.520. The lowest BCUT2D eigenvalue weighted by Gasteiger charge is -2.21. The molecular formula is C25H29F3O. The maximum absolute atomic E-state index is 15.0. The predicted molar refractivity (Wildman–Crippen MR) is 110 cm³/mol. The van der Waals surface area contributed by atoms with E-state index >= 15 is 0 Å². The molecule has 0 amide bonds. The highest BCUT2D eigenvalue weighted by molar-refractivity contribution is 5.66. The molecule has 0 bridgehead atoms. The second kappa shape index (κ2) is 8.41. The van der Waals surface area contributed by atoms with Crippen molar-refractivity contribution in [2.45, 2.75) is 58.3 Å². The summed E-state index contributed by atoms with van der Waals surface area (Å²) in [6, 6.07) is 7.81. The molecule has 156 valence electrons. The maximum atomic E-state index is 15.0. The molecule has 4 atom stereocenters. The van der Waals surface area contributed by atoms with Crippen molar-refractivity contribution in [1.82, 2.24) is 0 Å². The fourth-order valence-corrected chi connectivity index (χ4v) is 5.85. The average molecular weight is 403 g/mol. The van der Waals surface area contributed by atoms with Gasteiger partial charge in [-0.3, -0.25) is 0 Å². The van der Waals surface area contributed by atoms with Gasteiger partial charge in [0, 0.05) is 11.1 Å². The van der Waals surface area contributed by atoms with Crippen molar-refractivity contribution in [3.8, 4) is 16.9 Å². The molecule has 0 heterocycles. The fourth-order valence-electron chi connectivity index (χ4n) is 5.85. The van der Waals surface area contributed by atoms with Gasteiger partial charge < -0.3 is 4.74 Å². The van der Waals surface area contributed by atoms with Crippen LogP contribution >= 0.6 is 0 Å². The van der Waals surface area contributed by atoms with Gasteiger partial charge in [0.15, 0.2) is 11.6 Å². The van der Waals surface area contributed by atoms with Gasteiger partial charge in [-0.1, -0.05) is 31.9 Å². The minimum atomic E-state index is -1.07. The van der Waals surface area contributed by atoms with E-state index in [4.69, 9.17) is 4.74 Å². The Morgan fingerprint density at radius 3 is 2.34 bits per heavy atom. The molecule has 2 fully saturated rings. The van der Waals surface area contributed by atoms with Crippen LogP contribution in [0.1, 0.15) is 63.9 Å². The molecule has 2 aromatic carbocycles. The van der Waals surface area contributed by atoms with Gasteiger partial charge in [-0.2, -0.15) is 4.39 Å². The standard InChI is InChI=1S/C25H29F3O/c1-3-5-15-6-8-19-17(15)10-11-18(19)16-7-9-20(22(26)14-16)21-12-13-23(29-4-2)25(28)24(21)27/h7,9,12-15,17-19H,3-6,8,10-11H2,1-2H3. The first-order valence-electron chi connectivity index (χ1n) is 11.0. The third-order valence-corrected chi connectivity index (χ3v) is 7.07. The Bertz CT molecular complexity index is 879. The van der Waals surface area contributed by atoms with Gasteiger partial charge in [0.2, 0.25) is 5.82 Å². The summed E-state index contributed by atoms with van der Waals surface area (Å²) in [5.41, 5.74) is 1.03. The van der Waals surface area contributed by atoms with Gasteiger partial charge in [-0.15, -0.1) is 0 Å². The molecule has 0 spiro atoms. The van der Waals surface area contributed by atoms with E-state index in [0.29, 0.717) is 11.8 Å². The molecule has 4 unspecified atom stereocenters. The van der Waals surface area contributed by atoms with Gasteiger partial charge in [-0.05, 0) is 80.0 Å². The smallest absolute Gasteiger partial charge is 0.201 e. The van der Waals surface area contributed by atoms with Crippen LogP contribution in [0, 0.1) is 35.2 Å². The molecule has 2 aliphatic rings. The van der Waals surface area contributed by atoms with Crippen LogP contribution in [0.3, 0.4) is 0 Å². The van der Waals surface area contributed by atoms with E-state index in [1.165, 1.54) is 44.2 Å². The third kappa shape index (κ3) is 3.67. The summed E-state index contributed by atoms with van der Waals surface area (Å²) >= 11 is 0. The zero-order chi connectivity index (χ0) is 20.5. The van der Waals surface area contributed by atoms with E-state index in [0.717, 1.165) is 23.8 Å². The van der Waals surface area contributed by atoms with E-state index in [9.17, 15) is 13.2 Å². The lowest BCUT2D eigenvalue weighted by atomic mass is 9.84. The molecule has 4 rings (SSSR count). The zero-order valence-electron chi connectivity index (χ0n) is 17.2. The van der Waals surface area contributed by atoms with Crippen LogP contribution in [0.5, 0.6) is 5.75 Å². The molecule has 2 aliphatic carbocycles. The Hall–Kier alpha value is -1.97. The molecule has 0 aromatic heterocycles. The molecule has 2 saturated carbocycles. The summed E-state index contributed by atoms with van der Waals surface area (Å²) in [4.78, 5) is 0. The molecule has 0 aliphatic heterocycles.